The first kappa shape index (κ1) is 23.9. The van der Waals surface area contributed by atoms with Gasteiger partial charge < -0.3 is 16.0 Å². The van der Waals surface area contributed by atoms with Crippen molar-refractivity contribution in [1.29, 1.82) is 0 Å². The minimum absolute atomic E-state index is 0. The van der Waals surface area contributed by atoms with Gasteiger partial charge in [0.15, 0.2) is 0 Å². The van der Waals surface area contributed by atoms with E-state index in [9.17, 15) is 9.59 Å². The number of rotatable bonds is 7. The zero-order chi connectivity index (χ0) is 18.2. The van der Waals surface area contributed by atoms with E-state index in [1.165, 1.54) is 0 Å². The van der Waals surface area contributed by atoms with Crippen LogP contribution in [-0.2, 0) is 11.2 Å². The number of halogens is 2. The largest absolute Gasteiger partial charge is 0.353 e. The molecule has 2 amide bonds. The number of hydrogen-bond donors (Lipinski definition) is 3. The lowest BCUT2D eigenvalue weighted by atomic mass is 10.1. The molecule has 1 aliphatic heterocycles. The average Bonchev–Trinajstić information content (AvgIpc) is 3.20. The second-order valence-corrected chi connectivity index (χ2v) is 6.50. The fourth-order valence-corrected chi connectivity index (χ4v) is 3.07. The molecule has 1 aromatic heterocycles. The fraction of sp³-hybridized carbons (Fsp3) is 0.350. The van der Waals surface area contributed by atoms with Crippen LogP contribution in [0.2, 0.25) is 0 Å². The summed E-state index contributed by atoms with van der Waals surface area (Å²) < 4.78 is 0. The van der Waals surface area contributed by atoms with Crippen molar-refractivity contribution in [1.82, 2.24) is 20.9 Å². The number of carbonyl (C=O) groups excluding carboxylic acids is 2. The third kappa shape index (κ3) is 7.11. The van der Waals surface area contributed by atoms with Crippen molar-refractivity contribution in [2.75, 3.05) is 13.1 Å². The summed E-state index contributed by atoms with van der Waals surface area (Å²) in [7, 11) is 0. The summed E-state index contributed by atoms with van der Waals surface area (Å²) in [6.07, 6.45) is 5.99. The molecule has 3 N–H and O–H groups in total. The van der Waals surface area contributed by atoms with E-state index in [0.29, 0.717) is 24.6 Å². The summed E-state index contributed by atoms with van der Waals surface area (Å²) in [6.45, 7) is 1.56. The van der Waals surface area contributed by atoms with E-state index >= 15 is 0 Å². The third-order valence-electron chi connectivity index (χ3n) is 4.51. The van der Waals surface area contributed by atoms with Crippen LogP contribution in [0.15, 0.2) is 54.9 Å². The van der Waals surface area contributed by atoms with Gasteiger partial charge in [-0.25, -0.2) is 0 Å². The van der Waals surface area contributed by atoms with E-state index < -0.39 is 6.04 Å². The van der Waals surface area contributed by atoms with Crippen LogP contribution < -0.4 is 16.0 Å². The normalized spacial score (nSPS) is 16.2. The minimum Gasteiger partial charge on any atom is -0.353 e. The summed E-state index contributed by atoms with van der Waals surface area (Å²) in [4.78, 5) is 29.3. The lowest BCUT2D eigenvalue weighted by molar-refractivity contribution is -0.123. The summed E-state index contributed by atoms with van der Waals surface area (Å²) in [5.41, 5.74) is 1.44. The van der Waals surface area contributed by atoms with Gasteiger partial charge in [-0.15, -0.1) is 24.8 Å². The van der Waals surface area contributed by atoms with Gasteiger partial charge in [0, 0.05) is 37.0 Å². The molecular formula is C20H26Cl2N4O2. The molecule has 2 unspecified atom stereocenters. The lowest BCUT2D eigenvalue weighted by Gasteiger charge is -2.20. The first-order valence-corrected chi connectivity index (χ1v) is 8.98. The van der Waals surface area contributed by atoms with Crippen LogP contribution >= 0.6 is 24.8 Å². The molecule has 1 aliphatic rings. The Hall–Kier alpha value is -2.15. The quantitative estimate of drug-likeness (QED) is 0.635. The number of aromatic nitrogens is 1. The second kappa shape index (κ2) is 12.3. The Morgan fingerprint density at radius 3 is 2.57 bits per heavy atom. The van der Waals surface area contributed by atoms with Gasteiger partial charge in [-0.2, -0.15) is 0 Å². The number of nitrogens with one attached hydrogen (secondary N) is 3. The zero-order valence-electron chi connectivity index (χ0n) is 15.5. The summed E-state index contributed by atoms with van der Waals surface area (Å²) >= 11 is 0. The van der Waals surface area contributed by atoms with Crippen molar-refractivity contribution >= 4 is 36.6 Å². The summed E-state index contributed by atoms with van der Waals surface area (Å²) in [5, 5.41) is 9.18. The fourth-order valence-electron chi connectivity index (χ4n) is 3.07. The molecule has 1 saturated heterocycles. The van der Waals surface area contributed by atoms with Crippen LogP contribution in [0.25, 0.3) is 0 Å². The molecule has 2 heterocycles. The van der Waals surface area contributed by atoms with E-state index in [0.717, 1.165) is 24.9 Å². The molecular weight excluding hydrogens is 399 g/mol. The lowest BCUT2D eigenvalue weighted by Crippen LogP contribution is -2.50. The predicted octanol–water partition coefficient (Wildman–Crippen LogP) is 2.13. The SMILES string of the molecule is Cl.Cl.O=C(NC(Cc1cccnc1)C(=O)NCC1CCCN1)c1ccccc1. The maximum absolute atomic E-state index is 12.7. The van der Waals surface area contributed by atoms with Crippen LogP contribution in [0.4, 0.5) is 0 Å². The number of carbonyl (C=O) groups is 2. The summed E-state index contributed by atoms with van der Waals surface area (Å²) in [5.74, 6) is -0.430. The van der Waals surface area contributed by atoms with Crippen LogP contribution in [0.5, 0.6) is 0 Å². The molecule has 6 nitrogen and oxygen atoms in total. The van der Waals surface area contributed by atoms with Gasteiger partial charge >= 0.3 is 0 Å². The molecule has 0 saturated carbocycles. The number of hydrogen-bond acceptors (Lipinski definition) is 4. The molecule has 2 aromatic rings. The molecule has 28 heavy (non-hydrogen) atoms. The Bertz CT molecular complexity index is 726. The van der Waals surface area contributed by atoms with Gasteiger partial charge in [-0.3, -0.25) is 14.6 Å². The molecule has 3 rings (SSSR count). The van der Waals surface area contributed by atoms with E-state index in [1.807, 2.05) is 18.2 Å². The van der Waals surface area contributed by atoms with Crippen LogP contribution in [0.1, 0.15) is 28.8 Å². The van der Waals surface area contributed by atoms with Gasteiger partial charge in [-0.05, 0) is 43.1 Å². The maximum atomic E-state index is 12.7. The van der Waals surface area contributed by atoms with E-state index in [-0.39, 0.29) is 36.6 Å². The highest BCUT2D eigenvalue weighted by molar-refractivity contribution is 5.97. The van der Waals surface area contributed by atoms with Crippen molar-refractivity contribution in [2.45, 2.75) is 31.3 Å². The van der Waals surface area contributed by atoms with Gasteiger partial charge in [0.1, 0.15) is 6.04 Å². The van der Waals surface area contributed by atoms with Gasteiger partial charge in [0.05, 0.1) is 0 Å². The van der Waals surface area contributed by atoms with Crippen molar-refractivity contribution in [3.8, 4) is 0 Å². The molecule has 0 bridgehead atoms. The van der Waals surface area contributed by atoms with Crippen molar-refractivity contribution < 1.29 is 9.59 Å². The first-order chi connectivity index (χ1) is 12.7. The van der Waals surface area contributed by atoms with Crippen LogP contribution in [0, 0.1) is 0 Å². The Labute approximate surface area is 177 Å². The predicted molar refractivity (Wildman–Crippen MR) is 114 cm³/mol. The standard InChI is InChI=1S/C20H24N4O2.2ClH/c25-19(16-7-2-1-3-8-16)24-18(12-15-6-4-10-21-13-15)20(26)23-14-17-9-5-11-22-17;;/h1-4,6-8,10,13,17-18,22H,5,9,11-12,14H2,(H,23,26)(H,24,25);2*1H. The highest BCUT2D eigenvalue weighted by Crippen LogP contribution is 2.06. The molecule has 0 aliphatic carbocycles. The molecule has 152 valence electrons. The number of amides is 2. The zero-order valence-corrected chi connectivity index (χ0v) is 17.1. The van der Waals surface area contributed by atoms with Crippen molar-refractivity contribution in [2.24, 2.45) is 0 Å². The number of benzene rings is 1. The smallest absolute Gasteiger partial charge is 0.251 e. The summed E-state index contributed by atoms with van der Waals surface area (Å²) in [6, 6.07) is 12.3. The maximum Gasteiger partial charge on any atom is 0.251 e. The molecule has 2 atom stereocenters. The highest BCUT2D eigenvalue weighted by Gasteiger charge is 2.23. The first-order valence-electron chi connectivity index (χ1n) is 8.98. The van der Waals surface area contributed by atoms with Crippen molar-refractivity contribution in [3.05, 3.63) is 66.0 Å². The van der Waals surface area contributed by atoms with Crippen molar-refractivity contribution in [3.63, 3.8) is 0 Å². The monoisotopic (exact) mass is 424 g/mol. The van der Waals surface area contributed by atoms with Crippen LogP contribution in [0.3, 0.4) is 0 Å². The third-order valence-corrected chi connectivity index (χ3v) is 4.51. The minimum atomic E-state index is -0.645. The molecule has 8 heteroatoms. The topological polar surface area (TPSA) is 83.1 Å². The Morgan fingerprint density at radius 2 is 1.93 bits per heavy atom. The van der Waals surface area contributed by atoms with Gasteiger partial charge in [0.2, 0.25) is 5.91 Å². The van der Waals surface area contributed by atoms with Gasteiger partial charge in [0.25, 0.3) is 5.91 Å². The average molecular weight is 425 g/mol. The van der Waals surface area contributed by atoms with E-state index in [1.54, 1.807) is 36.7 Å². The van der Waals surface area contributed by atoms with E-state index in [2.05, 4.69) is 20.9 Å². The van der Waals surface area contributed by atoms with Gasteiger partial charge in [-0.1, -0.05) is 24.3 Å². The van der Waals surface area contributed by atoms with Crippen LogP contribution in [-0.4, -0.2) is 42.0 Å². The highest BCUT2D eigenvalue weighted by atomic mass is 35.5. The molecule has 0 spiro atoms. The Kier molecular flexibility index (Phi) is 10.5. The van der Waals surface area contributed by atoms with E-state index in [4.69, 9.17) is 0 Å². The molecule has 1 aromatic carbocycles. The molecule has 0 radical (unpaired) electrons. The molecule has 1 fully saturated rings. The Morgan fingerprint density at radius 1 is 1.14 bits per heavy atom. The Balaban J connectivity index is 0.00000196. The number of nitrogens with zero attached hydrogens (tertiary/aromatic N) is 1. The second-order valence-electron chi connectivity index (χ2n) is 6.50. The number of pyridine rings is 1.